The molecule has 0 aliphatic carbocycles. The lowest BCUT2D eigenvalue weighted by molar-refractivity contribution is -0.132. The Balaban J connectivity index is -0.000000177. The van der Waals surface area contributed by atoms with Crippen molar-refractivity contribution in [2.45, 2.75) is 13.3 Å². The zero-order chi connectivity index (χ0) is 14.3. The summed E-state index contributed by atoms with van der Waals surface area (Å²) in [6, 6.07) is 0. The van der Waals surface area contributed by atoms with E-state index in [1.807, 2.05) is 6.92 Å². The number of carboxylic acid groups (broad SMARTS) is 2. The van der Waals surface area contributed by atoms with Crippen LogP contribution in [0.15, 0.2) is 25.3 Å². The van der Waals surface area contributed by atoms with Crippen LogP contribution in [0.4, 0.5) is 0 Å². The van der Waals surface area contributed by atoms with Crippen LogP contribution in [0.2, 0.25) is 0 Å². The van der Waals surface area contributed by atoms with Crippen LogP contribution < -0.4 is 0 Å². The van der Waals surface area contributed by atoms with Crippen molar-refractivity contribution in [3.8, 4) is 0 Å². The standard InChI is InChI=1S/C5H12O2.2C3H4O2/c1-2-5(3-6)4-7;2*1-2-3(4)5/h5-7H,2-4H2,1H3;2*2H,1H2,(H,4,5). The fraction of sp³-hybridized carbons (Fsp3) is 0.455. The highest BCUT2D eigenvalue weighted by atomic mass is 16.4. The second-order valence-corrected chi connectivity index (χ2v) is 2.72. The summed E-state index contributed by atoms with van der Waals surface area (Å²) < 4.78 is 0. The lowest BCUT2D eigenvalue weighted by atomic mass is 10.1. The molecule has 0 aromatic rings. The average Bonchev–Trinajstić information content (AvgIpc) is 2.32. The van der Waals surface area contributed by atoms with Crippen molar-refractivity contribution in [2.24, 2.45) is 5.92 Å². The van der Waals surface area contributed by atoms with E-state index in [0.717, 1.165) is 18.6 Å². The number of hydrogen-bond donors (Lipinski definition) is 4. The van der Waals surface area contributed by atoms with Gasteiger partial charge in [-0.1, -0.05) is 20.1 Å². The third kappa shape index (κ3) is 31.4. The van der Waals surface area contributed by atoms with E-state index in [-0.39, 0.29) is 19.1 Å². The first-order chi connectivity index (χ1) is 7.89. The zero-order valence-electron chi connectivity index (χ0n) is 9.87. The van der Waals surface area contributed by atoms with E-state index in [9.17, 15) is 9.59 Å². The molecule has 0 aromatic heterocycles. The molecule has 6 nitrogen and oxygen atoms in total. The number of aliphatic hydroxyl groups is 2. The maximum atomic E-state index is 9.25. The van der Waals surface area contributed by atoms with E-state index in [4.69, 9.17) is 20.4 Å². The Morgan fingerprint density at radius 3 is 1.29 bits per heavy atom. The van der Waals surface area contributed by atoms with Gasteiger partial charge >= 0.3 is 11.9 Å². The van der Waals surface area contributed by atoms with Crippen LogP contribution in [0, 0.1) is 5.92 Å². The van der Waals surface area contributed by atoms with Gasteiger partial charge in [-0.15, -0.1) is 0 Å². The summed E-state index contributed by atoms with van der Waals surface area (Å²) in [6.07, 6.45) is 2.52. The highest BCUT2D eigenvalue weighted by Crippen LogP contribution is 1.96. The molecule has 0 heterocycles. The molecule has 6 heteroatoms. The van der Waals surface area contributed by atoms with E-state index >= 15 is 0 Å². The van der Waals surface area contributed by atoms with Crippen LogP contribution in [-0.4, -0.2) is 45.6 Å². The summed E-state index contributed by atoms with van der Waals surface area (Å²) in [5.74, 6) is -1.87. The minimum Gasteiger partial charge on any atom is -0.478 e. The van der Waals surface area contributed by atoms with Crippen molar-refractivity contribution in [1.29, 1.82) is 0 Å². The fourth-order valence-corrected chi connectivity index (χ4v) is 0.316. The molecule has 0 amide bonds. The molecule has 17 heavy (non-hydrogen) atoms. The van der Waals surface area contributed by atoms with Gasteiger partial charge in [0.25, 0.3) is 0 Å². The summed E-state index contributed by atoms with van der Waals surface area (Å²) in [4.78, 5) is 18.5. The third-order valence-corrected chi connectivity index (χ3v) is 1.44. The molecule has 0 atom stereocenters. The van der Waals surface area contributed by atoms with Crippen molar-refractivity contribution in [1.82, 2.24) is 0 Å². The minimum atomic E-state index is -0.981. The van der Waals surface area contributed by atoms with Gasteiger partial charge in [0.2, 0.25) is 0 Å². The third-order valence-electron chi connectivity index (χ3n) is 1.44. The van der Waals surface area contributed by atoms with Gasteiger partial charge in [0, 0.05) is 31.3 Å². The lowest BCUT2D eigenvalue weighted by Crippen LogP contribution is -2.08. The molecular weight excluding hydrogens is 228 g/mol. The maximum Gasteiger partial charge on any atom is 0.327 e. The molecule has 0 spiro atoms. The number of carboxylic acids is 2. The van der Waals surface area contributed by atoms with Crippen LogP contribution in [-0.2, 0) is 9.59 Å². The molecule has 0 bridgehead atoms. The molecule has 0 unspecified atom stereocenters. The van der Waals surface area contributed by atoms with E-state index in [0.29, 0.717) is 0 Å². The first kappa shape index (κ1) is 20.7. The number of hydrogen-bond acceptors (Lipinski definition) is 4. The molecule has 100 valence electrons. The van der Waals surface area contributed by atoms with Crippen LogP contribution in [0.25, 0.3) is 0 Å². The number of aliphatic carboxylic acids is 2. The molecule has 0 fully saturated rings. The maximum absolute atomic E-state index is 9.25. The smallest absolute Gasteiger partial charge is 0.327 e. The Labute approximate surface area is 101 Å². The number of rotatable bonds is 5. The van der Waals surface area contributed by atoms with Gasteiger partial charge in [-0.05, 0) is 6.42 Å². The van der Waals surface area contributed by atoms with Crippen LogP contribution >= 0.6 is 0 Å². The second kappa shape index (κ2) is 16.8. The first-order valence-corrected chi connectivity index (χ1v) is 4.81. The quantitative estimate of drug-likeness (QED) is 0.527. The van der Waals surface area contributed by atoms with Gasteiger partial charge in [0.15, 0.2) is 0 Å². The summed E-state index contributed by atoms with van der Waals surface area (Å²) >= 11 is 0. The Morgan fingerprint density at radius 1 is 1.06 bits per heavy atom. The lowest BCUT2D eigenvalue weighted by Gasteiger charge is -2.03. The van der Waals surface area contributed by atoms with Gasteiger partial charge in [-0.2, -0.15) is 0 Å². The SMILES string of the molecule is C=CC(=O)O.C=CC(=O)O.CCC(CO)CO. The fourth-order valence-electron chi connectivity index (χ4n) is 0.316. The number of aliphatic hydroxyl groups excluding tert-OH is 2. The van der Waals surface area contributed by atoms with Crippen molar-refractivity contribution >= 4 is 11.9 Å². The second-order valence-electron chi connectivity index (χ2n) is 2.72. The zero-order valence-corrected chi connectivity index (χ0v) is 9.87. The highest BCUT2D eigenvalue weighted by molar-refractivity contribution is 5.79. The topological polar surface area (TPSA) is 115 Å². The molecule has 0 aromatic carbocycles. The molecule has 0 aliphatic heterocycles. The van der Waals surface area contributed by atoms with Crippen molar-refractivity contribution < 1.29 is 30.0 Å². The summed E-state index contributed by atoms with van der Waals surface area (Å²) in [7, 11) is 0. The largest absolute Gasteiger partial charge is 0.478 e. The van der Waals surface area contributed by atoms with Crippen LogP contribution in [0.5, 0.6) is 0 Å². The molecule has 4 N–H and O–H groups in total. The summed E-state index contributed by atoms with van der Waals surface area (Å²) in [5.41, 5.74) is 0. The van der Waals surface area contributed by atoms with E-state index < -0.39 is 11.9 Å². The van der Waals surface area contributed by atoms with Gasteiger partial charge in [-0.3, -0.25) is 0 Å². The molecule has 0 rings (SSSR count). The Morgan fingerprint density at radius 2 is 1.29 bits per heavy atom. The molecular formula is C11H20O6. The first-order valence-electron chi connectivity index (χ1n) is 4.81. The number of carbonyl (C=O) groups is 2. The Kier molecular flexibility index (Phi) is 20.4. The van der Waals surface area contributed by atoms with Gasteiger partial charge < -0.3 is 20.4 Å². The molecule has 0 saturated carbocycles. The van der Waals surface area contributed by atoms with E-state index in [1.165, 1.54) is 0 Å². The summed E-state index contributed by atoms with van der Waals surface area (Å²) in [5, 5.41) is 31.9. The van der Waals surface area contributed by atoms with Gasteiger partial charge in [-0.25, -0.2) is 9.59 Å². The Bertz CT molecular complexity index is 196. The molecule has 0 saturated heterocycles. The van der Waals surface area contributed by atoms with E-state index in [2.05, 4.69) is 13.2 Å². The average molecular weight is 248 g/mol. The monoisotopic (exact) mass is 248 g/mol. The predicted molar refractivity (Wildman–Crippen MR) is 63.6 cm³/mol. The Hall–Kier alpha value is -1.66. The van der Waals surface area contributed by atoms with E-state index in [1.54, 1.807) is 0 Å². The van der Waals surface area contributed by atoms with Crippen LogP contribution in [0.3, 0.4) is 0 Å². The van der Waals surface area contributed by atoms with Gasteiger partial charge in [0.05, 0.1) is 0 Å². The van der Waals surface area contributed by atoms with Gasteiger partial charge in [0.1, 0.15) is 0 Å². The highest BCUT2D eigenvalue weighted by Gasteiger charge is 1.98. The summed E-state index contributed by atoms with van der Waals surface area (Å²) in [6.45, 7) is 8.07. The molecule has 0 radical (unpaired) electrons. The van der Waals surface area contributed by atoms with Crippen molar-refractivity contribution in [3.63, 3.8) is 0 Å². The van der Waals surface area contributed by atoms with Crippen molar-refractivity contribution in [3.05, 3.63) is 25.3 Å². The van der Waals surface area contributed by atoms with Crippen molar-refractivity contribution in [2.75, 3.05) is 13.2 Å². The predicted octanol–water partition coefficient (Wildman–Crippen LogP) is 0.511. The molecule has 0 aliphatic rings. The normalized spacial score (nSPS) is 8.00. The minimum absolute atomic E-state index is 0.0972. The van der Waals surface area contributed by atoms with Crippen LogP contribution in [0.1, 0.15) is 13.3 Å².